The Kier molecular flexibility index (Phi) is 5.15. The van der Waals surface area contributed by atoms with Crippen molar-refractivity contribution in [3.63, 3.8) is 0 Å². The van der Waals surface area contributed by atoms with E-state index >= 15 is 0 Å². The van der Waals surface area contributed by atoms with Crippen molar-refractivity contribution in [2.24, 2.45) is 5.14 Å². The van der Waals surface area contributed by atoms with E-state index in [1.54, 1.807) is 13.0 Å². The number of hydrogen-bond acceptors (Lipinski definition) is 5. The molecule has 1 atom stereocenters. The Morgan fingerprint density at radius 3 is 2.40 bits per heavy atom. The molecule has 0 heterocycles. The van der Waals surface area contributed by atoms with Crippen LogP contribution in [0.25, 0.3) is 0 Å². The number of anilines is 1. The van der Waals surface area contributed by atoms with Crippen molar-refractivity contribution in [3.05, 3.63) is 22.7 Å². The maximum atomic E-state index is 11.9. The highest BCUT2D eigenvalue weighted by Crippen LogP contribution is 2.27. The lowest BCUT2D eigenvalue weighted by atomic mass is 10.3. The average molecular weight is 382 g/mol. The minimum atomic E-state index is -3.87. The number of nitriles is 1. The first-order valence-electron chi connectivity index (χ1n) is 5.35. The SMILES string of the molecule is CCC(C#N)S(=O)(=O)Nc1ccc(S(N)(=O)=O)cc1Br. The van der Waals surface area contributed by atoms with E-state index < -0.39 is 25.3 Å². The molecule has 1 aromatic rings. The van der Waals surface area contributed by atoms with Gasteiger partial charge in [-0.15, -0.1) is 0 Å². The molecule has 0 radical (unpaired) electrons. The minimum absolute atomic E-state index is 0.131. The Bertz CT molecular complexity index is 753. The Hall–Kier alpha value is -1.15. The third-order valence-electron chi connectivity index (χ3n) is 2.41. The summed E-state index contributed by atoms with van der Waals surface area (Å²) in [4.78, 5) is -0.153. The van der Waals surface area contributed by atoms with Gasteiger partial charge in [-0.25, -0.2) is 22.0 Å². The highest BCUT2D eigenvalue weighted by atomic mass is 79.9. The van der Waals surface area contributed by atoms with Crippen molar-refractivity contribution < 1.29 is 16.8 Å². The molecule has 0 fully saturated rings. The van der Waals surface area contributed by atoms with Gasteiger partial charge in [-0.05, 0) is 40.5 Å². The fourth-order valence-electron chi connectivity index (χ4n) is 1.36. The predicted molar refractivity (Wildman–Crippen MR) is 77.7 cm³/mol. The van der Waals surface area contributed by atoms with Gasteiger partial charge >= 0.3 is 0 Å². The molecule has 0 spiro atoms. The molecule has 10 heteroatoms. The summed E-state index contributed by atoms with van der Waals surface area (Å²) in [6.45, 7) is 1.58. The number of nitrogens with one attached hydrogen (secondary N) is 1. The van der Waals surface area contributed by atoms with Crippen molar-refractivity contribution >= 4 is 41.7 Å². The van der Waals surface area contributed by atoms with Gasteiger partial charge in [-0.1, -0.05) is 6.92 Å². The number of sulfonamides is 2. The summed E-state index contributed by atoms with van der Waals surface area (Å²) in [5.74, 6) is 0. The van der Waals surface area contributed by atoms with Gasteiger partial charge in [0.1, 0.15) is 0 Å². The van der Waals surface area contributed by atoms with E-state index in [1.165, 1.54) is 18.2 Å². The number of nitrogens with zero attached hydrogens (tertiary/aromatic N) is 1. The second-order valence-corrected chi connectivity index (χ2v) is 8.14. The largest absolute Gasteiger partial charge is 0.281 e. The van der Waals surface area contributed by atoms with Crippen LogP contribution in [0.2, 0.25) is 0 Å². The molecule has 1 unspecified atom stereocenters. The summed E-state index contributed by atoms with van der Waals surface area (Å²) >= 11 is 3.06. The molecule has 0 bridgehead atoms. The maximum absolute atomic E-state index is 11.9. The topological polar surface area (TPSA) is 130 Å². The van der Waals surface area contributed by atoms with Crippen molar-refractivity contribution in [1.29, 1.82) is 5.26 Å². The summed E-state index contributed by atoms with van der Waals surface area (Å²) < 4.78 is 48.6. The number of nitrogens with two attached hydrogens (primary N) is 1. The van der Waals surface area contributed by atoms with E-state index in [4.69, 9.17) is 10.4 Å². The predicted octanol–water partition coefficient (Wildman–Crippen LogP) is 1.14. The fraction of sp³-hybridized carbons (Fsp3) is 0.300. The van der Waals surface area contributed by atoms with Crippen LogP contribution in [0.1, 0.15) is 13.3 Å². The van der Waals surface area contributed by atoms with Gasteiger partial charge in [-0.3, -0.25) is 4.72 Å². The summed E-state index contributed by atoms with van der Waals surface area (Å²) in [5.41, 5.74) is 0.131. The molecule has 0 aliphatic heterocycles. The average Bonchev–Trinajstić information content (AvgIpc) is 2.31. The van der Waals surface area contributed by atoms with E-state index in [0.29, 0.717) is 0 Å². The van der Waals surface area contributed by atoms with Crippen LogP contribution in [0.15, 0.2) is 27.6 Å². The van der Waals surface area contributed by atoms with Gasteiger partial charge in [-0.2, -0.15) is 5.26 Å². The monoisotopic (exact) mass is 381 g/mol. The third-order valence-corrected chi connectivity index (χ3v) is 5.67. The summed E-state index contributed by atoms with van der Waals surface area (Å²) in [6.07, 6.45) is 0.138. The van der Waals surface area contributed by atoms with Crippen LogP contribution in [-0.4, -0.2) is 22.1 Å². The van der Waals surface area contributed by atoms with Crippen molar-refractivity contribution in [3.8, 4) is 6.07 Å². The molecule has 0 aliphatic carbocycles. The first-order chi connectivity index (χ1) is 9.11. The fourth-order valence-corrected chi connectivity index (χ4v) is 3.86. The lowest BCUT2D eigenvalue weighted by Crippen LogP contribution is -2.26. The standard InChI is InChI=1S/C10H12BrN3O4S2/c1-2-7(6-12)20(17,18)14-10-4-3-8(5-9(10)11)19(13,15)16/h3-5,7,14H,2H2,1H3,(H2,13,15,16). The highest BCUT2D eigenvalue weighted by molar-refractivity contribution is 9.10. The van der Waals surface area contributed by atoms with E-state index in [2.05, 4.69) is 20.7 Å². The van der Waals surface area contributed by atoms with E-state index in [-0.39, 0.29) is 21.5 Å². The molecule has 0 amide bonds. The van der Waals surface area contributed by atoms with Crippen LogP contribution in [0.5, 0.6) is 0 Å². The third kappa shape index (κ3) is 3.92. The molecule has 0 saturated carbocycles. The van der Waals surface area contributed by atoms with Crippen LogP contribution in [0, 0.1) is 11.3 Å². The molecular weight excluding hydrogens is 370 g/mol. The van der Waals surface area contributed by atoms with E-state index in [9.17, 15) is 16.8 Å². The molecule has 7 nitrogen and oxygen atoms in total. The summed E-state index contributed by atoms with van der Waals surface area (Å²) in [5, 5.41) is 12.6. The second kappa shape index (κ2) is 6.09. The first-order valence-corrected chi connectivity index (χ1v) is 9.24. The molecule has 1 rings (SSSR count). The molecule has 110 valence electrons. The van der Waals surface area contributed by atoms with E-state index in [1.807, 2.05) is 0 Å². The van der Waals surface area contributed by atoms with Crippen LogP contribution in [0.3, 0.4) is 0 Å². The lowest BCUT2D eigenvalue weighted by molar-refractivity contribution is 0.592. The highest BCUT2D eigenvalue weighted by Gasteiger charge is 2.24. The quantitative estimate of drug-likeness (QED) is 0.789. The van der Waals surface area contributed by atoms with Crippen LogP contribution >= 0.6 is 15.9 Å². The molecule has 0 aromatic heterocycles. The smallest absolute Gasteiger partial charge is 0.249 e. The Balaban J connectivity index is 3.16. The van der Waals surface area contributed by atoms with Gasteiger partial charge in [0.2, 0.25) is 20.0 Å². The minimum Gasteiger partial charge on any atom is -0.281 e. The van der Waals surface area contributed by atoms with Gasteiger partial charge in [0, 0.05) is 4.47 Å². The molecule has 20 heavy (non-hydrogen) atoms. The second-order valence-electron chi connectivity index (χ2n) is 3.86. The molecular formula is C10H12BrN3O4S2. The number of hydrogen-bond donors (Lipinski definition) is 2. The zero-order valence-electron chi connectivity index (χ0n) is 10.4. The number of rotatable bonds is 5. The van der Waals surface area contributed by atoms with Crippen LogP contribution < -0.4 is 9.86 Å². The van der Waals surface area contributed by atoms with Crippen molar-refractivity contribution in [2.45, 2.75) is 23.5 Å². The van der Waals surface area contributed by atoms with Crippen molar-refractivity contribution in [1.82, 2.24) is 0 Å². The molecule has 1 aromatic carbocycles. The number of halogens is 1. The zero-order valence-corrected chi connectivity index (χ0v) is 13.6. The lowest BCUT2D eigenvalue weighted by Gasteiger charge is -2.13. The number of primary sulfonamides is 1. The van der Waals surface area contributed by atoms with Gasteiger partial charge in [0.05, 0.1) is 16.7 Å². The Morgan fingerprint density at radius 2 is 2.00 bits per heavy atom. The maximum Gasteiger partial charge on any atom is 0.249 e. The molecule has 0 aliphatic rings. The first kappa shape index (κ1) is 16.9. The van der Waals surface area contributed by atoms with Crippen LogP contribution in [-0.2, 0) is 20.0 Å². The Labute approximate surface area is 126 Å². The van der Waals surface area contributed by atoms with Gasteiger partial charge in [0.15, 0.2) is 5.25 Å². The normalized spacial score (nSPS) is 13.5. The Morgan fingerprint density at radius 1 is 1.40 bits per heavy atom. The molecule has 3 N–H and O–H groups in total. The van der Waals surface area contributed by atoms with Crippen LogP contribution in [0.4, 0.5) is 5.69 Å². The zero-order chi connectivity index (χ0) is 15.6. The number of benzene rings is 1. The molecule has 0 saturated heterocycles. The summed E-state index contributed by atoms with van der Waals surface area (Å²) in [6, 6.07) is 5.29. The van der Waals surface area contributed by atoms with E-state index in [0.717, 1.165) is 0 Å². The van der Waals surface area contributed by atoms with Gasteiger partial charge in [0.25, 0.3) is 0 Å². The van der Waals surface area contributed by atoms with Gasteiger partial charge < -0.3 is 0 Å². The summed E-state index contributed by atoms with van der Waals surface area (Å²) in [7, 11) is -7.74. The van der Waals surface area contributed by atoms with Crippen molar-refractivity contribution in [2.75, 3.05) is 4.72 Å².